The van der Waals surface area contributed by atoms with Gasteiger partial charge in [-0.2, -0.15) is 0 Å². The van der Waals surface area contributed by atoms with Crippen LogP contribution in [0.3, 0.4) is 0 Å². The molecule has 7 heteroatoms. The van der Waals surface area contributed by atoms with Gasteiger partial charge in [0.05, 0.1) is 24.4 Å². The molecule has 0 aliphatic carbocycles. The predicted octanol–water partition coefficient (Wildman–Crippen LogP) is 3.06. The van der Waals surface area contributed by atoms with Crippen LogP contribution in [0.4, 0.5) is 5.69 Å². The number of rotatable bonds is 7. The molecule has 0 unspecified atom stereocenters. The number of halogens is 1. The van der Waals surface area contributed by atoms with Crippen molar-refractivity contribution >= 4 is 29.1 Å². The zero-order valence-corrected chi connectivity index (χ0v) is 17.3. The van der Waals surface area contributed by atoms with E-state index < -0.39 is 0 Å². The highest BCUT2D eigenvalue weighted by atomic mass is 35.5. The van der Waals surface area contributed by atoms with Gasteiger partial charge in [0, 0.05) is 32.6 Å². The van der Waals surface area contributed by atoms with Crippen molar-refractivity contribution in [1.82, 2.24) is 9.80 Å². The maximum Gasteiger partial charge on any atom is 0.238 e. The first kappa shape index (κ1) is 21.1. The van der Waals surface area contributed by atoms with Gasteiger partial charge in [0.25, 0.3) is 0 Å². The van der Waals surface area contributed by atoms with Crippen molar-refractivity contribution in [3.8, 4) is 5.75 Å². The van der Waals surface area contributed by atoms with Gasteiger partial charge in [-0.3, -0.25) is 14.5 Å². The average molecular weight is 416 g/mol. The van der Waals surface area contributed by atoms with Gasteiger partial charge >= 0.3 is 0 Å². The van der Waals surface area contributed by atoms with Gasteiger partial charge in [0.2, 0.25) is 11.8 Å². The monoisotopic (exact) mass is 415 g/mol. The maximum atomic E-state index is 12.5. The minimum atomic E-state index is -0.0996. The van der Waals surface area contributed by atoms with Crippen molar-refractivity contribution in [2.24, 2.45) is 0 Å². The summed E-state index contributed by atoms with van der Waals surface area (Å²) >= 11 is 6.08. The van der Waals surface area contributed by atoms with E-state index in [2.05, 4.69) is 10.2 Å². The molecule has 0 bridgehead atoms. The minimum Gasteiger partial charge on any atom is -0.497 e. The molecule has 0 aromatic heterocycles. The average Bonchev–Trinajstić information content (AvgIpc) is 2.74. The molecule has 0 radical (unpaired) electrons. The van der Waals surface area contributed by atoms with Gasteiger partial charge in [0.1, 0.15) is 5.75 Å². The number of aryl methyl sites for hydroxylation is 1. The zero-order valence-electron chi connectivity index (χ0n) is 16.6. The molecular weight excluding hydrogens is 390 g/mol. The lowest BCUT2D eigenvalue weighted by Gasteiger charge is -2.34. The Hall–Kier alpha value is -2.57. The fourth-order valence-corrected chi connectivity index (χ4v) is 3.50. The molecule has 1 aliphatic heterocycles. The lowest BCUT2D eigenvalue weighted by atomic mass is 10.1. The molecule has 2 aromatic rings. The Kier molecular flexibility index (Phi) is 7.49. The summed E-state index contributed by atoms with van der Waals surface area (Å²) in [7, 11) is 1.64. The predicted molar refractivity (Wildman–Crippen MR) is 114 cm³/mol. The first-order chi connectivity index (χ1) is 14.0. The minimum absolute atomic E-state index is 0.0996. The van der Waals surface area contributed by atoms with E-state index >= 15 is 0 Å². The highest BCUT2D eigenvalue weighted by molar-refractivity contribution is 6.33. The van der Waals surface area contributed by atoms with E-state index in [-0.39, 0.29) is 11.8 Å². The number of carbonyl (C=O) groups is 2. The van der Waals surface area contributed by atoms with Gasteiger partial charge in [-0.15, -0.1) is 0 Å². The quantitative estimate of drug-likeness (QED) is 0.755. The number of ether oxygens (including phenoxy) is 1. The van der Waals surface area contributed by atoms with Gasteiger partial charge in [-0.05, 0) is 36.2 Å². The van der Waals surface area contributed by atoms with Crippen LogP contribution in [-0.4, -0.2) is 61.4 Å². The van der Waals surface area contributed by atoms with Gasteiger partial charge < -0.3 is 15.0 Å². The molecule has 1 N–H and O–H groups in total. The van der Waals surface area contributed by atoms with Gasteiger partial charge in [-0.25, -0.2) is 0 Å². The first-order valence-corrected chi connectivity index (χ1v) is 10.1. The summed E-state index contributed by atoms with van der Waals surface area (Å²) in [5.74, 6) is 0.869. The zero-order chi connectivity index (χ0) is 20.6. The number of nitrogens with one attached hydrogen (secondary N) is 1. The van der Waals surface area contributed by atoms with E-state index in [1.165, 1.54) is 0 Å². The second kappa shape index (κ2) is 10.3. The first-order valence-electron chi connectivity index (χ1n) is 9.72. The Balaban J connectivity index is 1.39. The second-order valence-corrected chi connectivity index (χ2v) is 7.44. The van der Waals surface area contributed by atoms with E-state index in [0.29, 0.717) is 56.3 Å². The van der Waals surface area contributed by atoms with E-state index in [1.54, 1.807) is 19.2 Å². The highest BCUT2D eigenvalue weighted by Gasteiger charge is 2.22. The summed E-state index contributed by atoms with van der Waals surface area (Å²) in [5.41, 5.74) is 1.74. The third-order valence-electron chi connectivity index (χ3n) is 5.03. The van der Waals surface area contributed by atoms with Crippen LogP contribution in [0.1, 0.15) is 12.0 Å². The number of benzene rings is 2. The number of carbonyl (C=O) groups excluding carboxylic acids is 2. The van der Waals surface area contributed by atoms with Crippen LogP contribution < -0.4 is 10.1 Å². The van der Waals surface area contributed by atoms with Crippen LogP contribution in [-0.2, 0) is 16.0 Å². The lowest BCUT2D eigenvalue weighted by Crippen LogP contribution is -2.50. The number of hydrogen-bond donors (Lipinski definition) is 1. The summed E-state index contributed by atoms with van der Waals surface area (Å²) in [4.78, 5) is 28.7. The Bertz CT molecular complexity index is 833. The standard InChI is InChI=1S/C22H26ClN3O3/c1-29-18-9-6-17(7-10-18)8-11-22(28)26-14-12-25(13-15-26)16-21(27)24-20-5-3-2-4-19(20)23/h2-7,9-10H,8,11-16H2,1H3,(H,24,27). The van der Waals surface area contributed by atoms with Gasteiger partial charge in [0.15, 0.2) is 0 Å². The SMILES string of the molecule is COc1ccc(CCC(=O)N2CCN(CC(=O)Nc3ccccc3Cl)CC2)cc1. The van der Waals surface area contributed by atoms with Crippen LogP contribution in [0.5, 0.6) is 5.75 Å². The largest absolute Gasteiger partial charge is 0.497 e. The molecule has 0 atom stereocenters. The summed E-state index contributed by atoms with van der Waals surface area (Å²) in [6.45, 7) is 2.94. The second-order valence-electron chi connectivity index (χ2n) is 7.03. The summed E-state index contributed by atoms with van der Waals surface area (Å²) in [6, 6.07) is 15.0. The number of anilines is 1. The van der Waals surface area contributed by atoms with Crippen molar-refractivity contribution in [2.45, 2.75) is 12.8 Å². The van der Waals surface area contributed by atoms with E-state index in [4.69, 9.17) is 16.3 Å². The van der Waals surface area contributed by atoms with Crippen molar-refractivity contribution in [1.29, 1.82) is 0 Å². The fourth-order valence-electron chi connectivity index (χ4n) is 3.31. The smallest absolute Gasteiger partial charge is 0.238 e. The van der Waals surface area contributed by atoms with E-state index in [1.807, 2.05) is 41.3 Å². The van der Waals surface area contributed by atoms with Crippen molar-refractivity contribution in [3.63, 3.8) is 0 Å². The molecular formula is C22H26ClN3O3. The molecule has 6 nitrogen and oxygen atoms in total. The molecule has 154 valence electrons. The molecule has 1 saturated heterocycles. The molecule has 0 spiro atoms. The highest BCUT2D eigenvalue weighted by Crippen LogP contribution is 2.20. The molecule has 29 heavy (non-hydrogen) atoms. The number of amides is 2. The summed E-state index contributed by atoms with van der Waals surface area (Å²) < 4.78 is 5.15. The van der Waals surface area contributed by atoms with Crippen LogP contribution >= 0.6 is 11.6 Å². The molecule has 2 amide bonds. The maximum absolute atomic E-state index is 12.5. The summed E-state index contributed by atoms with van der Waals surface area (Å²) in [6.07, 6.45) is 1.20. The van der Waals surface area contributed by atoms with Crippen LogP contribution in [0.15, 0.2) is 48.5 Å². The number of piperazine rings is 1. The number of methoxy groups -OCH3 is 1. The Morgan fingerprint density at radius 3 is 2.38 bits per heavy atom. The molecule has 3 rings (SSSR count). The normalized spacial score (nSPS) is 14.5. The Labute approximate surface area is 176 Å². The number of nitrogens with zero attached hydrogens (tertiary/aromatic N) is 2. The molecule has 1 aliphatic rings. The molecule has 1 heterocycles. The number of hydrogen-bond acceptors (Lipinski definition) is 4. The van der Waals surface area contributed by atoms with Crippen LogP contribution in [0, 0.1) is 0 Å². The fraction of sp³-hybridized carbons (Fsp3) is 0.364. The van der Waals surface area contributed by atoms with E-state index in [0.717, 1.165) is 11.3 Å². The third kappa shape index (κ3) is 6.21. The molecule has 2 aromatic carbocycles. The Morgan fingerprint density at radius 1 is 1.03 bits per heavy atom. The van der Waals surface area contributed by atoms with E-state index in [9.17, 15) is 9.59 Å². The third-order valence-corrected chi connectivity index (χ3v) is 5.36. The molecule has 1 fully saturated rings. The van der Waals surface area contributed by atoms with Crippen molar-refractivity contribution in [2.75, 3.05) is 45.2 Å². The lowest BCUT2D eigenvalue weighted by molar-refractivity contribution is -0.133. The topological polar surface area (TPSA) is 61.9 Å². The molecule has 0 saturated carbocycles. The van der Waals surface area contributed by atoms with Crippen molar-refractivity contribution < 1.29 is 14.3 Å². The van der Waals surface area contributed by atoms with Gasteiger partial charge in [-0.1, -0.05) is 35.9 Å². The Morgan fingerprint density at radius 2 is 1.72 bits per heavy atom. The van der Waals surface area contributed by atoms with Crippen LogP contribution in [0.2, 0.25) is 5.02 Å². The van der Waals surface area contributed by atoms with Crippen molar-refractivity contribution in [3.05, 3.63) is 59.1 Å². The van der Waals surface area contributed by atoms with Crippen LogP contribution in [0.25, 0.3) is 0 Å². The number of para-hydroxylation sites is 1. The summed E-state index contributed by atoms with van der Waals surface area (Å²) in [5, 5.41) is 3.36.